The third-order valence-corrected chi connectivity index (χ3v) is 3.80. The van der Waals surface area contributed by atoms with Gasteiger partial charge < -0.3 is 0 Å². The number of nitro benzene ring substituents is 1. The molecule has 0 radical (unpaired) electrons. The van der Waals surface area contributed by atoms with Crippen molar-refractivity contribution in [2.75, 3.05) is 0 Å². The summed E-state index contributed by atoms with van der Waals surface area (Å²) in [6.07, 6.45) is 10.2. The maximum Gasteiger partial charge on any atom is 0.271 e. The number of fused-ring (bicyclic) bond motifs is 4. The largest absolute Gasteiger partial charge is 0.295 e. The minimum Gasteiger partial charge on any atom is -0.295 e. The Kier molecular flexibility index (Phi) is 2.25. The van der Waals surface area contributed by atoms with Gasteiger partial charge in [0.1, 0.15) is 0 Å². The van der Waals surface area contributed by atoms with E-state index in [4.69, 9.17) is 0 Å². The molecule has 2 atom stereocenters. The van der Waals surface area contributed by atoms with Crippen LogP contribution in [0, 0.1) is 10.1 Å². The van der Waals surface area contributed by atoms with E-state index >= 15 is 0 Å². The van der Waals surface area contributed by atoms with Gasteiger partial charge in [-0.25, -0.2) is 0 Å². The van der Waals surface area contributed by atoms with Crippen molar-refractivity contribution < 1.29 is 4.92 Å². The summed E-state index contributed by atoms with van der Waals surface area (Å²) in [6.45, 7) is 0. The van der Waals surface area contributed by atoms with Gasteiger partial charge >= 0.3 is 0 Å². The lowest BCUT2D eigenvalue weighted by Gasteiger charge is -2.28. The van der Waals surface area contributed by atoms with Crippen LogP contribution in [0.25, 0.3) is 0 Å². The summed E-state index contributed by atoms with van der Waals surface area (Å²) in [6, 6.07) is 5.08. The predicted molar refractivity (Wildman–Crippen MR) is 76.2 cm³/mol. The van der Waals surface area contributed by atoms with Crippen molar-refractivity contribution >= 4 is 17.1 Å². The molecule has 4 rings (SSSR count). The highest BCUT2D eigenvalue weighted by Crippen LogP contribution is 2.39. The highest BCUT2D eigenvalue weighted by molar-refractivity contribution is 6.07. The highest BCUT2D eigenvalue weighted by Gasteiger charge is 2.33. The van der Waals surface area contributed by atoms with Crippen LogP contribution in [0.15, 0.2) is 59.1 Å². The fourth-order valence-electron chi connectivity index (χ4n) is 2.84. The number of rotatable bonds is 1. The molecule has 2 aliphatic heterocycles. The second-order valence-electron chi connectivity index (χ2n) is 5.00. The van der Waals surface area contributed by atoms with Gasteiger partial charge in [0.2, 0.25) is 0 Å². The molecule has 98 valence electrons. The monoisotopic (exact) mass is 265 g/mol. The molecule has 5 nitrogen and oxygen atoms in total. The third-order valence-electron chi connectivity index (χ3n) is 3.80. The second kappa shape index (κ2) is 3.98. The first-order valence-corrected chi connectivity index (χ1v) is 6.42. The molecular formula is C15H11N3O2. The first-order chi connectivity index (χ1) is 9.72. The van der Waals surface area contributed by atoms with E-state index in [-0.39, 0.29) is 22.7 Å². The average molecular weight is 265 g/mol. The minimum atomic E-state index is -0.389. The summed E-state index contributed by atoms with van der Waals surface area (Å²) in [5, 5.41) is 14.3. The fraction of sp³-hybridized carbons (Fsp3) is 0.133. The standard InChI is InChI=1S/C15H11N3O2/c19-18(20)10-5-6-11-13(8-10)16-14-7-9-3-1-2-4-12(9)17-15(11)14/h1-8,12,15,17H. The molecule has 1 N–H and O–H groups in total. The van der Waals surface area contributed by atoms with Crippen LogP contribution in [0.5, 0.6) is 0 Å². The van der Waals surface area contributed by atoms with Crippen molar-refractivity contribution in [1.82, 2.24) is 5.32 Å². The van der Waals surface area contributed by atoms with E-state index in [1.807, 2.05) is 12.2 Å². The van der Waals surface area contributed by atoms with Crippen LogP contribution in [-0.2, 0) is 0 Å². The quantitative estimate of drug-likeness (QED) is 0.627. The van der Waals surface area contributed by atoms with E-state index in [1.54, 1.807) is 6.07 Å². The number of non-ortho nitro benzene ring substituents is 1. The summed E-state index contributed by atoms with van der Waals surface area (Å²) in [4.78, 5) is 15.0. The molecule has 0 saturated carbocycles. The molecule has 0 saturated heterocycles. The predicted octanol–water partition coefficient (Wildman–Crippen LogP) is 2.75. The van der Waals surface area contributed by atoms with Gasteiger partial charge in [0.15, 0.2) is 0 Å². The Labute approximate surface area is 115 Å². The summed E-state index contributed by atoms with van der Waals surface area (Å²) in [5.74, 6) is 0. The van der Waals surface area contributed by atoms with Gasteiger partial charge in [0, 0.05) is 17.7 Å². The van der Waals surface area contributed by atoms with E-state index < -0.39 is 0 Å². The lowest BCUT2D eigenvalue weighted by atomic mass is 9.91. The Hall–Kier alpha value is -2.53. The molecule has 0 spiro atoms. The van der Waals surface area contributed by atoms with Gasteiger partial charge in [-0.1, -0.05) is 24.3 Å². The van der Waals surface area contributed by atoms with E-state index in [2.05, 4.69) is 28.5 Å². The average Bonchev–Trinajstić information content (AvgIpc) is 2.81. The molecule has 20 heavy (non-hydrogen) atoms. The van der Waals surface area contributed by atoms with Gasteiger partial charge in [-0.3, -0.25) is 20.4 Å². The lowest BCUT2D eigenvalue weighted by Crippen LogP contribution is -2.39. The Balaban J connectivity index is 1.79. The first-order valence-electron chi connectivity index (χ1n) is 6.42. The zero-order valence-electron chi connectivity index (χ0n) is 10.5. The van der Waals surface area contributed by atoms with Gasteiger partial charge in [-0.15, -0.1) is 0 Å². The highest BCUT2D eigenvalue weighted by atomic mass is 16.6. The number of nitrogens with zero attached hydrogens (tertiary/aromatic N) is 2. The Bertz CT molecular complexity index is 743. The maximum atomic E-state index is 10.8. The van der Waals surface area contributed by atoms with Crippen molar-refractivity contribution in [3.8, 4) is 0 Å². The number of nitro groups is 1. The van der Waals surface area contributed by atoms with Gasteiger partial charge in [-0.05, 0) is 17.7 Å². The minimum absolute atomic E-state index is 0.0238. The Morgan fingerprint density at radius 1 is 1.30 bits per heavy atom. The summed E-state index contributed by atoms with van der Waals surface area (Å²) < 4.78 is 0. The van der Waals surface area contributed by atoms with E-state index in [1.165, 1.54) is 17.7 Å². The number of allylic oxidation sites excluding steroid dienone is 2. The zero-order chi connectivity index (χ0) is 13.7. The van der Waals surface area contributed by atoms with Crippen LogP contribution in [0.2, 0.25) is 0 Å². The molecule has 0 bridgehead atoms. The van der Waals surface area contributed by atoms with Crippen LogP contribution in [0.4, 0.5) is 11.4 Å². The van der Waals surface area contributed by atoms with E-state index in [0.29, 0.717) is 5.69 Å². The van der Waals surface area contributed by atoms with Crippen LogP contribution in [-0.4, -0.2) is 16.7 Å². The van der Waals surface area contributed by atoms with Crippen molar-refractivity contribution in [1.29, 1.82) is 0 Å². The molecule has 2 heterocycles. The smallest absolute Gasteiger partial charge is 0.271 e. The molecule has 1 aromatic carbocycles. The summed E-state index contributed by atoms with van der Waals surface area (Å²) in [5.41, 5.74) is 3.87. The van der Waals surface area contributed by atoms with Crippen LogP contribution in [0.3, 0.4) is 0 Å². The van der Waals surface area contributed by atoms with Gasteiger partial charge in [0.25, 0.3) is 5.69 Å². The number of benzene rings is 1. The lowest BCUT2D eigenvalue weighted by molar-refractivity contribution is -0.384. The van der Waals surface area contributed by atoms with Gasteiger partial charge in [-0.2, -0.15) is 0 Å². The number of hydrogen-bond acceptors (Lipinski definition) is 4. The molecular weight excluding hydrogens is 254 g/mol. The van der Waals surface area contributed by atoms with Crippen molar-refractivity contribution in [3.05, 3.63) is 69.8 Å². The Morgan fingerprint density at radius 3 is 3.05 bits per heavy atom. The molecule has 3 aliphatic rings. The summed E-state index contributed by atoms with van der Waals surface area (Å²) in [7, 11) is 0. The SMILES string of the molecule is O=[N+]([O-])c1ccc2c(c1)N=C1C=C3C=CC=CC3NC12. The molecule has 1 aromatic rings. The third kappa shape index (κ3) is 1.57. The normalized spacial score (nSPS) is 25.4. The topological polar surface area (TPSA) is 67.5 Å². The van der Waals surface area contributed by atoms with Crippen molar-refractivity contribution in [2.45, 2.75) is 12.1 Å². The molecule has 1 aliphatic carbocycles. The molecule has 0 aromatic heterocycles. The van der Waals surface area contributed by atoms with Crippen LogP contribution >= 0.6 is 0 Å². The summed E-state index contributed by atoms with van der Waals surface area (Å²) >= 11 is 0. The van der Waals surface area contributed by atoms with Crippen LogP contribution < -0.4 is 5.32 Å². The molecule has 0 fully saturated rings. The molecule has 5 heteroatoms. The number of nitrogens with one attached hydrogen (secondary N) is 1. The maximum absolute atomic E-state index is 10.8. The molecule has 2 unspecified atom stereocenters. The number of aliphatic imine (C=N–C) groups is 1. The van der Waals surface area contributed by atoms with Gasteiger partial charge in [0.05, 0.1) is 28.4 Å². The van der Waals surface area contributed by atoms with E-state index in [9.17, 15) is 10.1 Å². The first kappa shape index (κ1) is 11.3. The fourth-order valence-corrected chi connectivity index (χ4v) is 2.84. The Morgan fingerprint density at radius 2 is 2.20 bits per heavy atom. The van der Waals surface area contributed by atoms with Crippen LogP contribution in [0.1, 0.15) is 11.6 Å². The molecule has 0 amide bonds. The second-order valence-corrected chi connectivity index (χ2v) is 5.00. The zero-order valence-corrected chi connectivity index (χ0v) is 10.5. The number of hydrogen-bond donors (Lipinski definition) is 1. The van der Waals surface area contributed by atoms with Crippen molar-refractivity contribution in [3.63, 3.8) is 0 Å². The van der Waals surface area contributed by atoms with E-state index in [0.717, 1.165) is 11.3 Å². The van der Waals surface area contributed by atoms with Crippen molar-refractivity contribution in [2.24, 2.45) is 4.99 Å².